The van der Waals surface area contributed by atoms with Gasteiger partial charge in [-0.15, -0.1) is 0 Å². The maximum Gasteiger partial charge on any atom is 0.264 e. The number of nitrogens with one attached hydrogen (secondary N) is 1. The average molecular weight is 443 g/mol. The van der Waals surface area contributed by atoms with E-state index in [-0.39, 0.29) is 5.91 Å². The first-order valence-electron chi connectivity index (χ1n) is 8.81. The fourth-order valence-corrected chi connectivity index (χ4v) is 3.91. The third-order valence-electron chi connectivity index (χ3n) is 4.34. The fraction of sp³-hybridized carbons (Fsp3) is 0.0909. The predicted octanol–water partition coefficient (Wildman–Crippen LogP) is 6.76. The molecule has 1 saturated heterocycles. The van der Waals surface area contributed by atoms with Crippen LogP contribution in [0.15, 0.2) is 62.8 Å². The number of halogens is 2. The van der Waals surface area contributed by atoms with Crippen molar-refractivity contribution in [2.45, 2.75) is 13.8 Å². The highest BCUT2D eigenvalue weighted by Crippen LogP contribution is 2.32. The SMILES string of the molecule is Cc1ccc(C)c(N=C2NC(=O)C(=Cc3ccc(-c4ccc(Cl)c(Cl)c4)o3)S2)c1. The van der Waals surface area contributed by atoms with Gasteiger partial charge in [0.1, 0.15) is 11.5 Å². The van der Waals surface area contributed by atoms with E-state index in [0.717, 1.165) is 22.4 Å². The molecular weight excluding hydrogens is 427 g/mol. The van der Waals surface area contributed by atoms with Crippen molar-refractivity contribution in [1.29, 1.82) is 0 Å². The summed E-state index contributed by atoms with van der Waals surface area (Å²) in [6, 6.07) is 15.0. The number of furan rings is 1. The monoisotopic (exact) mass is 442 g/mol. The Morgan fingerprint density at radius 3 is 2.66 bits per heavy atom. The molecular formula is C22H16Cl2N2O2S. The number of aryl methyl sites for hydroxylation is 2. The molecule has 29 heavy (non-hydrogen) atoms. The zero-order chi connectivity index (χ0) is 20.5. The molecule has 0 atom stereocenters. The van der Waals surface area contributed by atoms with Crippen molar-refractivity contribution in [1.82, 2.24) is 5.32 Å². The van der Waals surface area contributed by atoms with Gasteiger partial charge in [0.05, 0.1) is 20.6 Å². The summed E-state index contributed by atoms with van der Waals surface area (Å²) in [5.41, 5.74) is 3.82. The van der Waals surface area contributed by atoms with Gasteiger partial charge < -0.3 is 9.73 Å². The summed E-state index contributed by atoms with van der Waals surface area (Å²) < 4.78 is 5.85. The van der Waals surface area contributed by atoms with Crippen LogP contribution in [0, 0.1) is 13.8 Å². The van der Waals surface area contributed by atoms with E-state index >= 15 is 0 Å². The van der Waals surface area contributed by atoms with Gasteiger partial charge in [-0.3, -0.25) is 4.79 Å². The van der Waals surface area contributed by atoms with Crippen LogP contribution in [0.2, 0.25) is 10.0 Å². The van der Waals surface area contributed by atoms with Crippen LogP contribution in [0.1, 0.15) is 16.9 Å². The second-order valence-electron chi connectivity index (χ2n) is 6.60. The Hall–Kier alpha value is -2.47. The summed E-state index contributed by atoms with van der Waals surface area (Å²) in [7, 11) is 0. The molecule has 0 aliphatic carbocycles. The number of hydrogen-bond donors (Lipinski definition) is 1. The maximum atomic E-state index is 12.3. The molecule has 2 aromatic carbocycles. The molecule has 1 N–H and O–H groups in total. The number of thioether (sulfide) groups is 1. The number of hydrogen-bond acceptors (Lipinski definition) is 4. The highest BCUT2D eigenvalue weighted by molar-refractivity contribution is 8.18. The normalized spacial score (nSPS) is 16.6. The van der Waals surface area contributed by atoms with Crippen molar-refractivity contribution in [3.8, 4) is 11.3 Å². The Labute approximate surface area is 182 Å². The van der Waals surface area contributed by atoms with E-state index < -0.39 is 0 Å². The number of amides is 1. The van der Waals surface area contributed by atoms with Crippen molar-refractivity contribution < 1.29 is 9.21 Å². The van der Waals surface area contributed by atoms with E-state index in [1.807, 2.05) is 44.2 Å². The van der Waals surface area contributed by atoms with E-state index in [1.54, 1.807) is 24.3 Å². The number of benzene rings is 2. The highest BCUT2D eigenvalue weighted by atomic mass is 35.5. The molecule has 1 aromatic heterocycles. The molecule has 0 saturated carbocycles. The lowest BCUT2D eigenvalue weighted by Crippen LogP contribution is -2.19. The highest BCUT2D eigenvalue weighted by Gasteiger charge is 2.24. The summed E-state index contributed by atoms with van der Waals surface area (Å²) in [4.78, 5) is 17.4. The molecule has 1 aliphatic rings. The van der Waals surface area contributed by atoms with Crippen LogP contribution in [0.25, 0.3) is 17.4 Å². The molecule has 1 amide bonds. The Bertz CT molecular complexity index is 1180. The molecule has 4 rings (SSSR count). The van der Waals surface area contributed by atoms with E-state index in [1.165, 1.54) is 11.8 Å². The number of nitrogens with zero attached hydrogens (tertiary/aromatic N) is 1. The van der Waals surface area contributed by atoms with Gasteiger partial charge in [-0.1, -0.05) is 35.3 Å². The topological polar surface area (TPSA) is 54.6 Å². The number of carbonyl (C=O) groups excluding carboxylic acids is 1. The Kier molecular flexibility index (Phi) is 5.54. The minimum atomic E-state index is -0.202. The van der Waals surface area contributed by atoms with Crippen molar-refractivity contribution >= 4 is 57.8 Å². The lowest BCUT2D eigenvalue weighted by molar-refractivity contribution is -0.115. The zero-order valence-electron chi connectivity index (χ0n) is 15.6. The predicted molar refractivity (Wildman–Crippen MR) is 121 cm³/mol. The number of aliphatic imine (C=N–C) groups is 1. The molecule has 2 heterocycles. The number of carbonyl (C=O) groups is 1. The van der Waals surface area contributed by atoms with Gasteiger partial charge in [-0.25, -0.2) is 4.99 Å². The van der Waals surface area contributed by atoms with Gasteiger partial charge in [0.25, 0.3) is 5.91 Å². The van der Waals surface area contributed by atoms with Gasteiger partial charge in [-0.05, 0) is 73.1 Å². The van der Waals surface area contributed by atoms with Gasteiger partial charge in [-0.2, -0.15) is 0 Å². The van der Waals surface area contributed by atoms with Crippen molar-refractivity contribution in [3.05, 3.63) is 80.4 Å². The summed E-state index contributed by atoms with van der Waals surface area (Å²) in [6.45, 7) is 4.00. The molecule has 0 unspecified atom stereocenters. The molecule has 1 fully saturated rings. The Morgan fingerprint density at radius 1 is 1.03 bits per heavy atom. The van der Waals surface area contributed by atoms with Crippen LogP contribution in [0.5, 0.6) is 0 Å². The minimum Gasteiger partial charge on any atom is -0.457 e. The lowest BCUT2D eigenvalue weighted by Gasteiger charge is -2.02. The Morgan fingerprint density at radius 2 is 1.86 bits per heavy atom. The molecule has 0 radical (unpaired) electrons. The second-order valence-corrected chi connectivity index (χ2v) is 8.45. The number of rotatable bonds is 3. The van der Waals surface area contributed by atoms with Crippen LogP contribution in [-0.2, 0) is 4.79 Å². The largest absolute Gasteiger partial charge is 0.457 e. The molecule has 146 valence electrons. The second kappa shape index (κ2) is 8.11. The number of amidine groups is 1. The van der Waals surface area contributed by atoms with E-state index in [0.29, 0.717) is 31.6 Å². The fourth-order valence-electron chi connectivity index (χ4n) is 2.79. The first kappa shape index (κ1) is 19.8. The summed E-state index contributed by atoms with van der Waals surface area (Å²) >= 11 is 13.3. The third kappa shape index (κ3) is 4.42. The zero-order valence-corrected chi connectivity index (χ0v) is 18.0. The quantitative estimate of drug-likeness (QED) is 0.455. The van der Waals surface area contributed by atoms with Gasteiger partial charge >= 0.3 is 0 Å². The van der Waals surface area contributed by atoms with Crippen molar-refractivity contribution in [2.75, 3.05) is 0 Å². The van der Waals surface area contributed by atoms with E-state index in [4.69, 9.17) is 27.6 Å². The first-order chi connectivity index (χ1) is 13.9. The summed E-state index contributed by atoms with van der Waals surface area (Å²) in [5.74, 6) is 1.01. The molecule has 0 spiro atoms. The third-order valence-corrected chi connectivity index (χ3v) is 5.99. The molecule has 0 bridgehead atoms. The van der Waals surface area contributed by atoms with Gasteiger partial charge in [0.15, 0.2) is 5.17 Å². The smallest absolute Gasteiger partial charge is 0.264 e. The molecule has 4 nitrogen and oxygen atoms in total. The van der Waals surface area contributed by atoms with E-state index in [9.17, 15) is 4.79 Å². The average Bonchev–Trinajstić information content (AvgIpc) is 3.28. The Balaban J connectivity index is 1.57. The van der Waals surface area contributed by atoms with Crippen LogP contribution >= 0.6 is 35.0 Å². The first-order valence-corrected chi connectivity index (χ1v) is 10.4. The molecule has 7 heteroatoms. The van der Waals surface area contributed by atoms with Crippen molar-refractivity contribution in [3.63, 3.8) is 0 Å². The molecule has 1 aliphatic heterocycles. The van der Waals surface area contributed by atoms with Gasteiger partial charge in [0, 0.05) is 11.6 Å². The van der Waals surface area contributed by atoms with E-state index in [2.05, 4.69) is 10.3 Å². The van der Waals surface area contributed by atoms with Crippen LogP contribution in [0.4, 0.5) is 5.69 Å². The summed E-state index contributed by atoms with van der Waals surface area (Å²) in [6.07, 6.45) is 1.70. The van der Waals surface area contributed by atoms with Crippen molar-refractivity contribution in [2.24, 2.45) is 4.99 Å². The van der Waals surface area contributed by atoms with Crippen LogP contribution < -0.4 is 5.32 Å². The standard InChI is InChI=1S/C22H16Cl2N2O2S/c1-12-3-4-13(2)18(9-12)25-22-26-21(27)20(29-22)11-15-6-8-19(28-15)14-5-7-16(23)17(24)10-14/h3-11H,1-2H3,(H,25,26,27). The minimum absolute atomic E-state index is 0.202. The molecule has 3 aromatic rings. The van der Waals surface area contributed by atoms with Crippen LogP contribution in [0.3, 0.4) is 0 Å². The summed E-state index contributed by atoms with van der Waals surface area (Å²) in [5, 5.41) is 4.29. The lowest BCUT2D eigenvalue weighted by atomic mass is 10.1. The van der Waals surface area contributed by atoms with Crippen LogP contribution in [-0.4, -0.2) is 11.1 Å². The van der Waals surface area contributed by atoms with Gasteiger partial charge in [0.2, 0.25) is 0 Å². The maximum absolute atomic E-state index is 12.3.